The van der Waals surface area contributed by atoms with E-state index in [2.05, 4.69) is 17.6 Å². The topological polar surface area (TPSA) is 58.2 Å². The molecular weight excluding hydrogens is 332 g/mol. The number of hydrogen-bond acceptors (Lipinski definition) is 3. The van der Waals surface area contributed by atoms with Gasteiger partial charge in [0.15, 0.2) is 0 Å². The number of carbonyl (C=O) groups excluding carboxylic acids is 2. The zero-order valence-electron chi connectivity index (χ0n) is 15.2. The molecule has 0 aliphatic heterocycles. The monoisotopic (exact) mass is 356 g/mol. The van der Waals surface area contributed by atoms with Gasteiger partial charge in [0.1, 0.15) is 5.00 Å². The van der Waals surface area contributed by atoms with Gasteiger partial charge in [0.05, 0.1) is 5.56 Å². The third-order valence-electron chi connectivity index (χ3n) is 4.83. The van der Waals surface area contributed by atoms with Gasteiger partial charge < -0.3 is 10.6 Å². The molecule has 2 amide bonds. The second-order valence-corrected chi connectivity index (χ2v) is 8.01. The van der Waals surface area contributed by atoms with Crippen LogP contribution >= 0.6 is 11.3 Å². The van der Waals surface area contributed by atoms with E-state index in [1.807, 2.05) is 32.0 Å². The van der Waals surface area contributed by atoms with Crippen LogP contribution in [0.4, 0.5) is 5.00 Å². The maximum atomic E-state index is 12.8. The van der Waals surface area contributed by atoms with Crippen LogP contribution in [0.15, 0.2) is 18.2 Å². The molecule has 0 unspecified atom stereocenters. The SMILES string of the molecule is CNC(=O)c1c(NC(=O)c2cc(C)ccc2C)sc2c1CC[C@@H](C)C2. The fourth-order valence-corrected chi connectivity index (χ4v) is 4.76. The number of anilines is 1. The van der Waals surface area contributed by atoms with Crippen LogP contribution in [-0.2, 0) is 12.8 Å². The molecule has 132 valence electrons. The van der Waals surface area contributed by atoms with Gasteiger partial charge >= 0.3 is 0 Å². The molecule has 25 heavy (non-hydrogen) atoms. The van der Waals surface area contributed by atoms with Crippen LogP contribution < -0.4 is 10.6 Å². The van der Waals surface area contributed by atoms with E-state index in [0.717, 1.165) is 36.0 Å². The largest absolute Gasteiger partial charge is 0.355 e. The Morgan fingerprint density at radius 3 is 2.68 bits per heavy atom. The van der Waals surface area contributed by atoms with Crippen LogP contribution in [0.5, 0.6) is 0 Å². The van der Waals surface area contributed by atoms with Crippen molar-refractivity contribution in [2.24, 2.45) is 5.92 Å². The number of thiophene rings is 1. The van der Waals surface area contributed by atoms with Gasteiger partial charge in [-0.05, 0) is 56.2 Å². The van der Waals surface area contributed by atoms with E-state index in [-0.39, 0.29) is 11.8 Å². The molecule has 1 heterocycles. The predicted octanol–water partition coefficient (Wildman–Crippen LogP) is 4.10. The Morgan fingerprint density at radius 2 is 1.96 bits per heavy atom. The second kappa shape index (κ2) is 7.00. The Hall–Kier alpha value is -2.14. The van der Waals surface area contributed by atoms with E-state index >= 15 is 0 Å². The molecule has 0 saturated heterocycles. The van der Waals surface area contributed by atoms with Crippen LogP contribution in [0.2, 0.25) is 0 Å². The number of carbonyl (C=O) groups is 2. The Balaban J connectivity index is 1.98. The number of hydrogen-bond donors (Lipinski definition) is 2. The van der Waals surface area contributed by atoms with Crippen LogP contribution in [-0.4, -0.2) is 18.9 Å². The molecule has 2 aromatic rings. The summed E-state index contributed by atoms with van der Waals surface area (Å²) >= 11 is 1.55. The van der Waals surface area contributed by atoms with Crippen LogP contribution in [0.1, 0.15) is 55.6 Å². The quantitative estimate of drug-likeness (QED) is 0.870. The minimum atomic E-state index is -0.155. The van der Waals surface area contributed by atoms with Gasteiger partial charge in [0.25, 0.3) is 11.8 Å². The lowest BCUT2D eigenvalue weighted by atomic mass is 9.88. The molecule has 1 aromatic carbocycles. The summed E-state index contributed by atoms with van der Waals surface area (Å²) in [6, 6.07) is 5.83. The molecule has 5 heteroatoms. The molecule has 1 atom stereocenters. The molecule has 0 spiro atoms. The first-order valence-electron chi connectivity index (χ1n) is 8.66. The minimum Gasteiger partial charge on any atom is -0.355 e. The van der Waals surface area contributed by atoms with Crippen LogP contribution in [0, 0.1) is 19.8 Å². The van der Waals surface area contributed by atoms with Crippen molar-refractivity contribution in [3.63, 3.8) is 0 Å². The fraction of sp³-hybridized carbons (Fsp3) is 0.400. The molecule has 0 bridgehead atoms. The van der Waals surface area contributed by atoms with Crippen molar-refractivity contribution < 1.29 is 9.59 Å². The highest BCUT2D eigenvalue weighted by Gasteiger charge is 2.28. The number of benzene rings is 1. The Kier molecular flexibility index (Phi) is 4.95. The van der Waals surface area contributed by atoms with E-state index in [1.165, 1.54) is 4.88 Å². The summed E-state index contributed by atoms with van der Waals surface area (Å²) in [5, 5.41) is 6.39. The fourth-order valence-electron chi connectivity index (χ4n) is 3.35. The first-order chi connectivity index (χ1) is 11.9. The van der Waals surface area contributed by atoms with E-state index in [1.54, 1.807) is 18.4 Å². The van der Waals surface area contributed by atoms with Crippen molar-refractivity contribution in [3.05, 3.63) is 50.9 Å². The molecule has 0 saturated carbocycles. The summed E-state index contributed by atoms with van der Waals surface area (Å²) in [5.74, 6) is 0.340. The number of rotatable bonds is 3. The van der Waals surface area contributed by atoms with Gasteiger partial charge in [-0.15, -0.1) is 11.3 Å². The van der Waals surface area contributed by atoms with E-state index in [9.17, 15) is 9.59 Å². The maximum Gasteiger partial charge on any atom is 0.256 e. The van der Waals surface area contributed by atoms with Crippen LogP contribution in [0.25, 0.3) is 0 Å². The molecular formula is C20H24N2O2S. The lowest BCUT2D eigenvalue weighted by Crippen LogP contribution is -2.23. The molecule has 1 aromatic heterocycles. The van der Waals surface area contributed by atoms with Gasteiger partial charge in [0.2, 0.25) is 0 Å². The molecule has 0 radical (unpaired) electrons. The van der Waals surface area contributed by atoms with Gasteiger partial charge in [-0.2, -0.15) is 0 Å². The zero-order valence-corrected chi connectivity index (χ0v) is 16.0. The van der Waals surface area contributed by atoms with Crippen LogP contribution in [0.3, 0.4) is 0 Å². The van der Waals surface area contributed by atoms with Crippen molar-refractivity contribution in [3.8, 4) is 0 Å². The van der Waals surface area contributed by atoms with Gasteiger partial charge in [-0.25, -0.2) is 0 Å². The van der Waals surface area contributed by atoms with Crippen molar-refractivity contribution in [1.29, 1.82) is 0 Å². The van der Waals surface area contributed by atoms with Crippen molar-refractivity contribution in [2.45, 2.75) is 40.0 Å². The van der Waals surface area contributed by atoms with E-state index < -0.39 is 0 Å². The Bertz CT molecular complexity index is 838. The summed E-state index contributed by atoms with van der Waals surface area (Å²) in [6.07, 6.45) is 2.95. The Labute approximate surface area is 152 Å². The first kappa shape index (κ1) is 17.7. The average molecular weight is 356 g/mol. The zero-order chi connectivity index (χ0) is 18.1. The first-order valence-corrected chi connectivity index (χ1v) is 9.47. The van der Waals surface area contributed by atoms with Crippen molar-refractivity contribution in [1.82, 2.24) is 5.32 Å². The van der Waals surface area contributed by atoms with Crippen molar-refractivity contribution >= 4 is 28.2 Å². The summed E-state index contributed by atoms with van der Waals surface area (Å²) in [5.41, 5.74) is 4.38. The second-order valence-electron chi connectivity index (χ2n) is 6.91. The highest BCUT2D eigenvalue weighted by molar-refractivity contribution is 7.17. The summed E-state index contributed by atoms with van der Waals surface area (Å²) in [7, 11) is 1.63. The number of aryl methyl sites for hydroxylation is 2. The Morgan fingerprint density at radius 1 is 1.20 bits per heavy atom. The number of fused-ring (bicyclic) bond motifs is 1. The maximum absolute atomic E-state index is 12.8. The van der Waals surface area contributed by atoms with E-state index in [4.69, 9.17) is 0 Å². The average Bonchev–Trinajstić information content (AvgIpc) is 2.93. The summed E-state index contributed by atoms with van der Waals surface area (Å²) < 4.78 is 0. The van der Waals surface area contributed by atoms with Gasteiger partial charge in [-0.1, -0.05) is 24.6 Å². The molecule has 1 aliphatic carbocycles. The normalized spacial score (nSPS) is 16.2. The lowest BCUT2D eigenvalue weighted by molar-refractivity contribution is 0.0963. The predicted molar refractivity (Wildman–Crippen MR) is 103 cm³/mol. The molecule has 0 fully saturated rings. The highest BCUT2D eigenvalue weighted by Crippen LogP contribution is 2.39. The third kappa shape index (κ3) is 3.47. The van der Waals surface area contributed by atoms with Gasteiger partial charge in [-0.3, -0.25) is 9.59 Å². The number of amides is 2. The van der Waals surface area contributed by atoms with Gasteiger partial charge in [0, 0.05) is 17.5 Å². The number of nitrogens with one attached hydrogen (secondary N) is 2. The molecule has 3 rings (SSSR count). The molecule has 2 N–H and O–H groups in total. The lowest BCUT2D eigenvalue weighted by Gasteiger charge is -2.18. The standard InChI is InChI=1S/C20H24N2O2S/c1-11-5-7-13(3)15(9-11)18(23)22-20-17(19(24)21-4)14-8-6-12(2)10-16(14)25-20/h5,7,9,12H,6,8,10H2,1-4H3,(H,21,24)(H,22,23)/t12-/m1/s1. The summed E-state index contributed by atoms with van der Waals surface area (Å²) in [6.45, 7) is 6.13. The smallest absolute Gasteiger partial charge is 0.256 e. The van der Waals surface area contributed by atoms with E-state index in [0.29, 0.717) is 22.0 Å². The third-order valence-corrected chi connectivity index (χ3v) is 6.00. The summed E-state index contributed by atoms with van der Waals surface area (Å²) in [4.78, 5) is 26.5. The highest BCUT2D eigenvalue weighted by atomic mass is 32.1. The molecule has 1 aliphatic rings. The minimum absolute atomic E-state index is 0.122. The molecule has 4 nitrogen and oxygen atoms in total. The van der Waals surface area contributed by atoms with Crippen molar-refractivity contribution in [2.75, 3.05) is 12.4 Å².